The lowest BCUT2D eigenvalue weighted by Gasteiger charge is -2.46. The van der Waals surface area contributed by atoms with E-state index in [0.717, 1.165) is 11.8 Å². The number of hydrogen-bond donors (Lipinski definition) is 1. The molecule has 22 heavy (non-hydrogen) atoms. The molecule has 0 saturated heterocycles. The first-order valence-electron chi connectivity index (χ1n) is 8.88. The normalized spacial score (nSPS) is 35.0. The van der Waals surface area contributed by atoms with E-state index in [1.807, 2.05) is 12.1 Å². The summed E-state index contributed by atoms with van der Waals surface area (Å²) in [6.45, 7) is 2.42. The van der Waals surface area contributed by atoms with Gasteiger partial charge in [-0.1, -0.05) is 12.8 Å². The van der Waals surface area contributed by atoms with Gasteiger partial charge in [0.2, 0.25) is 0 Å². The van der Waals surface area contributed by atoms with Crippen LogP contribution in [0.15, 0.2) is 12.1 Å². The van der Waals surface area contributed by atoms with Gasteiger partial charge in [0, 0.05) is 18.8 Å². The maximum absolute atomic E-state index is 11.6. The summed E-state index contributed by atoms with van der Waals surface area (Å²) in [5.41, 5.74) is 4.70. The summed E-state index contributed by atoms with van der Waals surface area (Å²) in [5, 5.41) is 9.56. The van der Waals surface area contributed by atoms with E-state index < -0.39 is 5.97 Å². The standard InChI is InChI=1S/C19H23NO2/c21-19(22)13-7-16-14-5-1-3-11(14)9-20-10-12-4-2-6-15(12)17(8-13)18(16)20/h7-8,11-12,14-15H,1-6,9-10H2,(H,21,22)/t11-,12-,14+,15+/m1/s1. The van der Waals surface area contributed by atoms with Crippen LogP contribution in [-0.2, 0) is 0 Å². The summed E-state index contributed by atoms with van der Waals surface area (Å²) < 4.78 is 0. The number of fused-ring (bicyclic) bond motifs is 4. The summed E-state index contributed by atoms with van der Waals surface area (Å²) in [6.07, 6.45) is 7.76. The number of carboxylic acid groups (broad SMARTS) is 1. The quantitative estimate of drug-likeness (QED) is 0.852. The molecule has 2 heterocycles. The third-order valence-corrected chi connectivity index (χ3v) is 6.76. The van der Waals surface area contributed by atoms with E-state index in [2.05, 4.69) is 4.90 Å². The molecule has 2 aliphatic carbocycles. The summed E-state index contributed by atoms with van der Waals surface area (Å²) in [4.78, 5) is 14.2. The maximum atomic E-state index is 11.6. The second-order valence-electron chi connectivity index (χ2n) is 7.81. The smallest absolute Gasteiger partial charge is 0.335 e. The second kappa shape index (κ2) is 4.50. The van der Waals surface area contributed by atoms with Gasteiger partial charge in [0.15, 0.2) is 0 Å². The van der Waals surface area contributed by atoms with Crippen molar-refractivity contribution in [1.82, 2.24) is 0 Å². The van der Waals surface area contributed by atoms with Gasteiger partial charge in [0.25, 0.3) is 0 Å². The third kappa shape index (κ3) is 1.65. The zero-order valence-electron chi connectivity index (χ0n) is 12.9. The number of anilines is 1. The van der Waals surface area contributed by atoms with E-state index >= 15 is 0 Å². The minimum atomic E-state index is -0.758. The molecule has 2 aliphatic heterocycles. The van der Waals surface area contributed by atoms with Gasteiger partial charge in [0.05, 0.1) is 5.56 Å². The fourth-order valence-electron chi connectivity index (χ4n) is 5.89. The van der Waals surface area contributed by atoms with Crippen LogP contribution in [0.4, 0.5) is 5.69 Å². The summed E-state index contributed by atoms with van der Waals surface area (Å²) >= 11 is 0. The predicted molar refractivity (Wildman–Crippen MR) is 85.8 cm³/mol. The SMILES string of the molecule is O=C(O)c1cc2c3c(c1)[C@H]1CCC[C@@H]1CN3C[C@H]1CCC[C@H]21. The van der Waals surface area contributed by atoms with Crippen molar-refractivity contribution >= 4 is 11.7 Å². The van der Waals surface area contributed by atoms with Crippen molar-refractivity contribution in [3.63, 3.8) is 0 Å². The third-order valence-electron chi connectivity index (χ3n) is 6.76. The largest absolute Gasteiger partial charge is 0.478 e. The van der Waals surface area contributed by atoms with Crippen molar-refractivity contribution in [2.24, 2.45) is 11.8 Å². The van der Waals surface area contributed by atoms with Gasteiger partial charge < -0.3 is 10.0 Å². The first-order valence-corrected chi connectivity index (χ1v) is 8.88. The van der Waals surface area contributed by atoms with Crippen molar-refractivity contribution in [2.75, 3.05) is 18.0 Å². The highest BCUT2D eigenvalue weighted by Crippen LogP contribution is 2.55. The Kier molecular flexibility index (Phi) is 2.65. The number of carboxylic acids is 1. The monoisotopic (exact) mass is 297 g/mol. The molecule has 0 spiro atoms. The van der Waals surface area contributed by atoms with Crippen molar-refractivity contribution in [3.8, 4) is 0 Å². The van der Waals surface area contributed by atoms with Crippen molar-refractivity contribution < 1.29 is 9.90 Å². The van der Waals surface area contributed by atoms with Gasteiger partial charge in [0.1, 0.15) is 0 Å². The molecular weight excluding hydrogens is 274 g/mol. The van der Waals surface area contributed by atoms with Gasteiger partial charge >= 0.3 is 5.97 Å². The summed E-state index contributed by atoms with van der Waals surface area (Å²) in [5.74, 6) is 1.97. The number of hydrogen-bond acceptors (Lipinski definition) is 2. The Morgan fingerprint density at radius 1 is 0.955 bits per heavy atom. The lowest BCUT2D eigenvalue weighted by atomic mass is 9.74. The van der Waals surface area contributed by atoms with Crippen LogP contribution < -0.4 is 4.90 Å². The Hall–Kier alpha value is -1.51. The molecule has 4 atom stereocenters. The van der Waals surface area contributed by atoms with Crippen LogP contribution in [0.1, 0.15) is 71.8 Å². The Labute approximate surface area is 131 Å². The van der Waals surface area contributed by atoms with Gasteiger partial charge in [-0.05, 0) is 72.6 Å². The Bertz CT molecular complexity index is 608. The lowest BCUT2D eigenvalue weighted by molar-refractivity contribution is 0.0696. The predicted octanol–water partition coefficient (Wildman–Crippen LogP) is 3.99. The maximum Gasteiger partial charge on any atom is 0.335 e. The molecule has 3 nitrogen and oxygen atoms in total. The van der Waals surface area contributed by atoms with Crippen LogP contribution >= 0.6 is 0 Å². The van der Waals surface area contributed by atoms with Crippen LogP contribution in [-0.4, -0.2) is 24.2 Å². The molecular formula is C19H23NO2. The van der Waals surface area contributed by atoms with Crippen LogP contribution in [0.3, 0.4) is 0 Å². The molecule has 4 aliphatic rings. The van der Waals surface area contributed by atoms with E-state index in [1.54, 1.807) is 0 Å². The number of rotatable bonds is 1. The summed E-state index contributed by atoms with van der Waals surface area (Å²) in [6, 6.07) is 4.01. The van der Waals surface area contributed by atoms with Crippen molar-refractivity contribution in [1.29, 1.82) is 0 Å². The first kappa shape index (κ1) is 13.0. The van der Waals surface area contributed by atoms with Crippen molar-refractivity contribution in [3.05, 3.63) is 28.8 Å². The van der Waals surface area contributed by atoms with Crippen LogP contribution in [0, 0.1) is 11.8 Å². The van der Waals surface area contributed by atoms with Gasteiger partial charge in [-0.15, -0.1) is 0 Å². The van der Waals surface area contributed by atoms with Crippen LogP contribution in [0.25, 0.3) is 0 Å². The minimum absolute atomic E-state index is 0.522. The fourth-order valence-corrected chi connectivity index (χ4v) is 5.89. The van der Waals surface area contributed by atoms with E-state index in [1.165, 1.54) is 68.4 Å². The number of aromatic carboxylic acids is 1. The molecule has 2 saturated carbocycles. The molecule has 0 radical (unpaired) electrons. The highest BCUT2D eigenvalue weighted by Gasteiger charge is 2.44. The molecule has 0 unspecified atom stereocenters. The molecule has 3 heteroatoms. The molecule has 1 N–H and O–H groups in total. The average molecular weight is 297 g/mol. The topological polar surface area (TPSA) is 40.5 Å². The Balaban J connectivity index is 1.74. The molecule has 1 aromatic carbocycles. The average Bonchev–Trinajstić information content (AvgIpc) is 3.15. The number of carbonyl (C=O) groups is 1. The molecule has 116 valence electrons. The second-order valence-corrected chi connectivity index (χ2v) is 7.81. The highest BCUT2D eigenvalue weighted by molar-refractivity contribution is 5.90. The fraction of sp³-hybridized carbons (Fsp3) is 0.632. The molecule has 1 aromatic rings. The van der Waals surface area contributed by atoms with Gasteiger partial charge in [-0.2, -0.15) is 0 Å². The lowest BCUT2D eigenvalue weighted by Crippen LogP contribution is -2.43. The van der Waals surface area contributed by atoms with E-state index in [4.69, 9.17) is 0 Å². The highest BCUT2D eigenvalue weighted by atomic mass is 16.4. The Morgan fingerprint density at radius 2 is 1.50 bits per heavy atom. The molecule has 0 aromatic heterocycles. The number of nitrogens with zero attached hydrogens (tertiary/aromatic N) is 1. The van der Waals surface area contributed by atoms with Gasteiger partial charge in [-0.25, -0.2) is 4.79 Å². The minimum Gasteiger partial charge on any atom is -0.478 e. The molecule has 5 rings (SSSR count). The van der Waals surface area contributed by atoms with Crippen molar-refractivity contribution in [2.45, 2.75) is 50.4 Å². The van der Waals surface area contributed by atoms with Gasteiger partial charge in [-0.3, -0.25) is 0 Å². The van der Waals surface area contributed by atoms with Crippen LogP contribution in [0.5, 0.6) is 0 Å². The Morgan fingerprint density at radius 3 is 2.00 bits per heavy atom. The molecule has 0 amide bonds. The van der Waals surface area contributed by atoms with E-state index in [9.17, 15) is 9.90 Å². The molecule has 0 bridgehead atoms. The number of benzene rings is 1. The first-order chi connectivity index (χ1) is 10.7. The zero-order chi connectivity index (χ0) is 14.8. The van der Waals surface area contributed by atoms with E-state index in [0.29, 0.717) is 17.4 Å². The summed E-state index contributed by atoms with van der Waals surface area (Å²) in [7, 11) is 0. The zero-order valence-corrected chi connectivity index (χ0v) is 12.9. The molecule has 2 fully saturated rings. The van der Waals surface area contributed by atoms with E-state index in [-0.39, 0.29) is 0 Å². The van der Waals surface area contributed by atoms with Crippen LogP contribution in [0.2, 0.25) is 0 Å².